The van der Waals surface area contributed by atoms with Crippen molar-refractivity contribution in [2.24, 2.45) is 10.4 Å². The second-order valence-corrected chi connectivity index (χ2v) is 7.64. The van der Waals surface area contributed by atoms with Crippen molar-refractivity contribution in [1.82, 2.24) is 10.2 Å². The molecule has 6 heteroatoms. The molecule has 1 amide bonds. The van der Waals surface area contributed by atoms with Crippen LogP contribution in [0, 0.1) is 5.41 Å². The summed E-state index contributed by atoms with van der Waals surface area (Å²) in [5.74, 6) is 1.04. The highest BCUT2D eigenvalue weighted by atomic mass is 16.5. The molecule has 148 valence electrons. The number of ether oxygens (including phenoxy) is 1. The fourth-order valence-corrected chi connectivity index (χ4v) is 3.88. The minimum atomic E-state index is 0.0626. The van der Waals surface area contributed by atoms with Gasteiger partial charge in [-0.15, -0.1) is 0 Å². The fourth-order valence-electron chi connectivity index (χ4n) is 3.88. The van der Waals surface area contributed by atoms with Gasteiger partial charge in [-0.25, -0.2) is 4.99 Å². The van der Waals surface area contributed by atoms with Gasteiger partial charge < -0.3 is 20.3 Å². The summed E-state index contributed by atoms with van der Waals surface area (Å²) in [6.45, 7) is 9.37. The summed E-state index contributed by atoms with van der Waals surface area (Å²) >= 11 is 0. The molecule has 0 aliphatic carbocycles. The van der Waals surface area contributed by atoms with Gasteiger partial charge in [0, 0.05) is 43.8 Å². The van der Waals surface area contributed by atoms with E-state index in [2.05, 4.69) is 28.5 Å². The van der Waals surface area contributed by atoms with E-state index in [1.54, 1.807) is 0 Å². The van der Waals surface area contributed by atoms with Gasteiger partial charge in [-0.1, -0.05) is 19.1 Å². The number of amides is 1. The average molecular weight is 373 g/mol. The van der Waals surface area contributed by atoms with Gasteiger partial charge in [0.05, 0.1) is 13.2 Å². The molecule has 2 saturated heterocycles. The molecule has 2 fully saturated rings. The monoisotopic (exact) mass is 372 g/mol. The van der Waals surface area contributed by atoms with Gasteiger partial charge in [-0.3, -0.25) is 4.79 Å². The van der Waals surface area contributed by atoms with Crippen LogP contribution in [0.4, 0.5) is 5.69 Å². The van der Waals surface area contributed by atoms with E-state index in [4.69, 9.17) is 9.73 Å². The normalized spacial score (nSPS) is 22.4. The Balaban J connectivity index is 1.64. The highest BCUT2D eigenvalue weighted by molar-refractivity contribution is 5.90. The molecule has 6 nitrogen and oxygen atoms in total. The first kappa shape index (κ1) is 19.7. The summed E-state index contributed by atoms with van der Waals surface area (Å²) in [4.78, 5) is 19.0. The molecule has 1 aromatic rings. The van der Waals surface area contributed by atoms with Gasteiger partial charge in [-0.2, -0.15) is 0 Å². The van der Waals surface area contributed by atoms with E-state index in [1.807, 2.05) is 25.1 Å². The van der Waals surface area contributed by atoms with Crippen LogP contribution in [0.2, 0.25) is 0 Å². The number of carbonyl (C=O) groups excluding carboxylic acids is 1. The predicted molar refractivity (Wildman–Crippen MR) is 109 cm³/mol. The van der Waals surface area contributed by atoms with Gasteiger partial charge in [0.25, 0.3) is 0 Å². The molecule has 27 heavy (non-hydrogen) atoms. The molecular formula is C21H32N4O2. The lowest BCUT2D eigenvalue weighted by atomic mass is 9.87. The molecular weight excluding hydrogens is 340 g/mol. The quantitative estimate of drug-likeness (QED) is 0.595. The molecule has 0 saturated carbocycles. The van der Waals surface area contributed by atoms with Crippen LogP contribution >= 0.6 is 0 Å². The maximum Gasteiger partial charge on any atom is 0.224 e. The highest BCUT2D eigenvalue weighted by Crippen LogP contribution is 2.38. The number of nitrogens with zero attached hydrogens (tertiary/aromatic N) is 2. The Morgan fingerprint density at radius 2 is 2.22 bits per heavy atom. The summed E-state index contributed by atoms with van der Waals surface area (Å²) < 4.78 is 5.64. The molecule has 0 radical (unpaired) electrons. The maximum absolute atomic E-state index is 11.8. The largest absolute Gasteiger partial charge is 0.381 e. The Morgan fingerprint density at radius 3 is 2.96 bits per heavy atom. The van der Waals surface area contributed by atoms with Gasteiger partial charge in [-0.05, 0) is 43.9 Å². The summed E-state index contributed by atoms with van der Waals surface area (Å²) in [5, 5.41) is 6.39. The number of guanidine groups is 1. The van der Waals surface area contributed by atoms with Crippen molar-refractivity contribution in [1.29, 1.82) is 0 Å². The molecule has 1 unspecified atom stereocenters. The van der Waals surface area contributed by atoms with E-state index in [9.17, 15) is 4.79 Å². The zero-order valence-electron chi connectivity index (χ0n) is 16.6. The number of aliphatic imine (C=N–C) groups is 1. The number of hydrogen-bond donors (Lipinski definition) is 2. The molecule has 2 N–H and O–H groups in total. The molecule has 3 rings (SSSR count). The number of rotatable bonds is 6. The minimum Gasteiger partial charge on any atom is -0.381 e. The van der Waals surface area contributed by atoms with Crippen molar-refractivity contribution < 1.29 is 9.53 Å². The van der Waals surface area contributed by atoms with Crippen molar-refractivity contribution in [3.8, 4) is 0 Å². The van der Waals surface area contributed by atoms with E-state index in [-0.39, 0.29) is 5.91 Å². The van der Waals surface area contributed by atoms with E-state index in [1.165, 1.54) is 6.42 Å². The van der Waals surface area contributed by atoms with E-state index in [0.29, 0.717) is 18.4 Å². The highest BCUT2D eigenvalue weighted by Gasteiger charge is 2.42. The molecule has 1 aromatic carbocycles. The van der Waals surface area contributed by atoms with Crippen LogP contribution in [0.5, 0.6) is 0 Å². The third-order valence-corrected chi connectivity index (χ3v) is 5.36. The zero-order chi connectivity index (χ0) is 19.1. The van der Waals surface area contributed by atoms with Crippen LogP contribution in [0.25, 0.3) is 0 Å². The maximum atomic E-state index is 11.8. The summed E-state index contributed by atoms with van der Waals surface area (Å²) in [6, 6.07) is 7.96. The lowest BCUT2D eigenvalue weighted by Gasteiger charge is -2.25. The first-order valence-corrected chi connectivity index (χ1v) is 10.1. The van der Waals surface area contributed by atoms with Crippen molar-refractivity contribution in [2.75, 3.05) is 38.2 Å². The van der Waals surface area contributed by atoms with Gasteiger partial charge in [0.1, 0.15) is 0 Å². The Labute approximate surface area is 162 Å². The molecule has 0 aromatic heterocycles. The van der Waals surface area contributed by atoms with E-state index in [0.717, 1.165) is 62.9 Å². The second-order valence-electron chi connectivity index (χ2n) is 7.64. The molecule has 2 heterocycles. The summed E-state index contributed by atoms with van der Waals surface area (Å²) in [5.41, 5.74) is 2.26. The van der Waals surface area contributed by atoms with Crippen LogP contribution in [-0.2, 0) is 16.1 Å². The topological polar surface area (TPSA) is 66.0 Å². The van der Waals surface area contributed by atoms with Gasteiger partial charge in [0.2, 0.25) is 5.91 Å². The van der Waals surface area contributed by atoms with Crippen LogP contribution < -0.4 is 10.6 Å². The smallest absolute Gasteiger partial charge is 0.224 e. The Bertz CT molecular complexity index is 668. The predicted octanol–water partition coefficient (Wildman–Crippen LogP) is 3.00. The molecule has 1 atom stereocenters. The number of likely N-dealkylation sites (tertiary alicyclic amines) is 1. The van der Waals surface area contributed by atoms with Gasteiger partial charge >= 0.3 is 0 Å². The van der Waals surface area contributed by atoms with Crippen molar-refractivity contribution in [3.05, 3.63) is 29.8 Å². The SMILES string of the molecule is CCCC(=O)Nc1cccc(CN=C(NCC)N2CCC3(CCOC3)C2)c1. The third-order valence-electron chi connectivity index (χ3n) is 5.36. The summed E-state index contributed by atoms with van der Waals surface area (Å²) in [6.07, 6.45) is 3.73. The van der Waals surface area contributed by atoms with Crippen molar-refractivity contribution >= 4 is 17.6 Å². The molecule has 1 spiro atoms. The van der Waals surface area contributed by atoms with E-state index < -0.39 is 0 Å². The van der Waals surface area contributed by atoms with Crippen molar-refractivity contribution in [2.45, 2.75) is 46.1 Å². The van der Waals surface area contributed by atoms with Gasteiger partial charge in [0.15, 0.2) is 5.96 Å². The van der Waals surface area contributed by atoms with Crippen LogP contribution in [0.15, 0.2) is 29.3 Å². The standard InChI is InChI=1S/C21H32N4O2/c1-3-6-19(26)24-18-8-5-7-17(13-18)14-23-20(22-4-2)25-11-9-21(15-25)10-12-27-16-21/h5,7-8,13H,3-4,6,9-12,14-16H2,1-2H3,(H,22,23)(H,24,26). The molecule has 0 bridgehead atoms. The number of nitrogens with one attached hydrogen (secondary N) is 2. The van der Waals surface area contributed by atoms with Crippen LogP contribution in [-0.4, -0.2) is 49.6 Å². The number of carbonyl (C=O) groups is 1. The number of anilines is 1. The first-order chi connectivity index (χ1) is 13.1. The number of hydrogen-bond acceptors (Lipinski definition) is 3. The second kappa shape index (κ2) is 9.22. The summed E-state index contributed by atoms with van der Waals surface area (Å²) in [7, 11) is 0. The van der Waals surface area contributed by atoms with Crippen molar-refractivity contribution in [3.63, 3.8) is 0 Å². The van der Waals surface area contributed by atoms with Crippen LogP contribution in [0.1, 0.15) is 45.1 Å². The average Bonchev–Trinajstić information content (AvgIpc) is 3.29. The Hall–Kier alpha value is -2.08. The Kier molecular flexibility index (Phi) is 6.72. The zero-order valence-corrected chi connectivity index (χ0v) is 16.6. The molecule has 2 aliphatic rings. The minimum absolute atomic E-state index is 0.0626. The lowest BCUT2D eigenvalue weighted by Crippen LogP contribution is -2.41. The lowest BCUT2D eigenvalue weighted by molar-refractivity contribution is -0.116. The fraction of sp³-hybridized carbons (Fsp3) is 0.619. The third kappa shape index (κ3) is 5.22. The number of benzene rings is 1. The van der Waals surface area contributed by atoms with Crippen LogP contribution in [0.3, 0.4) is 0 Å². The Morgan fingerprint density at radius 1 is 1.33 bits per heavy atom. The first-order valence-electron chi connectivity index (χ1n) is 10.1. The van der Waals surface area contributed by atoms with E-state index >= 15 is 0 Å². The molecule has 2 aliphatic heterocycles.